The summed E-state index contributed by atoms with van der Waals surface area (Å²) in [5.74, 6) is 2.60. The van der Waals surface area contributed by atoms with E-state index < -0.39 is 0 Å². The first-order chi connectivity index (χ1) is 9.51. The monoisotopic (exact) mass is 272 g/mol. The van der Waals surface area contributed by atoms with Gasteiger partial charge in [0, 0.05) is 0 Å². The third-order valence-corrected chi connectivity index (χ3v) is 6.85. The van der Waals surface area contributed by atoms with E-state index >= 15 is 0 Å². The fourth-order valence-corrected chi connectivity index (χ4v) is 5.38. The standard InChI is InChI=1S/C20H32/c1-14-6-5-7-15(2)18-11-13-20(4)12-10-17(9-8-14)16(3)19(18)20/h7,14,18-19H,5-6,8-13H2,1-4H3/b15-7-/t14-,18-,19+,20-/m0/s1. The van der Waals surface area contributed by atoms with Crippen molar-refractivity contribution >= 4 is 0 Å². The van der Waals surface area contributed by atoms with Crippen LogP contribution in [-0.2, 0) is 0 Å². The van der Waals surface area contributed by atoms with Crippen LogP contribution >= 0.6 is 0 Å². The van der Waals surface area contributed by atoms with Crippen LogP contribution in [0.3, 0.4) is 0 Å². The van der Waals surface area contributed by atoms with Crippen LogP contribution in [0.15, 0.2) is 22.8 Å². The van der Waals surface area contributed by atoms with Crippen LogP contribution in [0.1, 0.15) is 79.1 Å². The lowest BCUT2D eigenvalue weighted by Crippen LogP contribution is -2.31. The van der Waals surface area contributed by atoms with Gasteiger partial charge in [-0.05, 0) is 88.4 Å². The molecule has 0 aromatic heterocycles. The molecule has 0 aromatic carbocycles. The van der Waals surface area contributed by atoms with E-state index in [0.29, 0.717) is 5.41 Å². The number of hydrogen-bond donors (Lipinski definition) is 0. The summed E-state index contributed by atoms with van der Waals surface area (Å²) in [6.45, 7) is 9.92. The summed E-state index contributed by atoms with van der Waals surface area (Å²) in [4.78, 5) is 0. The summed E-state index contributed by atoms with van der Waals surface area (Å²) < 4.78 is 0. The molecular weight excluding hydrogens is 240 g/mol. The van der Waals surface area contributed by atoms with Crippen molar-refractivity contribution in [2.75, 3.05) is 0 Å². The zero-order valence-corrected chi connectivity index (χ0v) is 14.0. The summed E-state index contributed by atoms with van der Waals surface area (Å²) in [6.07, 6.45) is 13.8. The molecule has 0 spiro atoms. The molecule has 3 aliphatic rings. The van der Waals surface area contributed by atoms with Gasteiger partial charge < -0.3 is 0 Å². The van der Waals surface area contributed by atoms with Gasteiger partial charge in [-0.3, -0.25) is 0 Å². The predicted molar refractivity (Wildman–Crippen MR) is 87.6 cm³/mol. The zero-order chi connectivity index (χ0) is 14.3. The first kappa shape index (κ1) is 14.4. The van der Waals surface area contributed by atoms with E-state index in [9.17, 15) is 0 Å². The normalized spacial score (nSPS) is 44.8. The quantitative estimate of drug-likeness (QED) is 0.455. The molecule has 1 saturated carbocycles. The molecule has 2 bridgehead atoms. The SMILES string of the molecule is CC1=C2CC[C@@H](C)CC/C=C(/C)[C@@H]3CC[C@](C)(CC2)[C@H]13. The highest BCUT2D eigenvalue weighted by Crippen LogP contribution is 2.58. The van der Waals surface area contributed by atoms with Gasteiger partial charge in [-0.15, -0.1) is 0 Å². The van der Waals surface area contributed by atoms with E-state index in [0.717, 1.165) is 17.8 Å². The Morgan fingerprint density at radius 3 is 2.65 bits per heavy atom. The Morgan fingerprint density at radius 2 is 1.85 bits per heavy atom. The number of rotatable bonds is 0. The van der Waals surface area contributed by atoms with Crippen LogP contribution < -0.4 is 0 Å². The second-order valence-corrected chi connectivity index (χ2v) is 8.23. The Morgan fingerprint density at radius 1 is 1.05 bits per heavy atom. The number of hydrogen-bond acceptors (Lipinski definition) is 0. The van der Waals surface area contributed by atoms with Crippen LogP contribution in [0.2, 0.25) is 0 Å². The fourth-order valence-electron chi connectivity index (χ4n) is 5.38. The average Bonchev–Trinajstić information content (AvgIpc) is 2.75. The Labute approximate surface area is 125 Å². The minimum absolute atomic E-state index is 0.604. The highest BCUT2D eigenvalue weighted by Gasteiger charge is 2.48. The molecule has 20 heavy (non-hydrogen) atoms. The average molecular weight is 272 g/mol. The lowest BCUT2D eigenvalue weighted by atomic mass is 9.64. The van der Waals surface area contributed by atoms with E-state index in [2.05, 4.69) is 33.8 Å². The maximum Gasteiger partial charge on any atom is -0.00837 e. The molecule has 0 aromatic rings. The van der Waals surface area contributed by atoms with Gasteiger partial charge in [0.05, 0.1) is 0 Å². The highest BCUT2D eigenvalue weighted by molar-refractivity contribution is 5.28. The molecule has 112 valence electrons. The summed E-state index contributed by atoms with van der Waals surface area (Å²) in [5, 5.41) is 0. The molecule has 3 rings (SSSR count). The molecule has 0 heterocycles. The van der Waals surface area contributed by atoms with Gasteiger partial charge in [0.2, 0.25) is 0 Å². The van der Waals surface area contributed by atoms with Crippen LogP contribution in [0.5, 0.6) is 0 Å². The molecule has 0 N–H and O–H groups in total. The van der Waals surface area contributed by atoms with Crippen LogP contribution in [-0.4, -0.2) is 0 Å². The van der Waals surface area contributed by atoms with Crippen molar-refractivity contribution in [1.82, 2.24) is 0 Å². The minimum Gasteiger partial charge on any atom is -0.0853 e. The van der Waals surface area contributed by atoms with E-state index in [1.54, 1.807) is 11.1 Å². The molecule has 3 aliphatic carbocycles. The lowest BCUT2D eigenvalue weighted by Gasteiger charge is -2.41. The molecule has 0 radical (unpaired) electrons. The smallest absolute Gasteiger partial charge is 0.00837 e. The third-order valence-electron chi connectivity index (χ3n) is 6.85. The summed E-state index contributed by atoms with van der Waals surface area (Å²) in [7, 11) is 0. The largest absolute Gasteiger partial charge is 0.0853 e. The van der Waals surface area contributed by atoms with E-state index in [4.69, 9.17) is 0 Å². The van der Waals surface area contributed by atoms with E-state index in [1.807, 2.05) is 5.57 Å². The molecule has 4 atom stereocenters. The Kier molecular flexibility index (Phi) is 3.86. The van der Waals surface area contributed by atoms with Gasteiger partial charge in [-0.2, -0.15) is 0 Å². The van der Waals surface area contributed by atoms with Crippen LogP contribution in [0, 0.1) is 23.2 Å². The molecule has 0 saturated heterocycles. The topological polar surface area (TPSA) is 0 Å². The van der Waals surface area contributed by atoms with Gasteiger partial charge in [0.25, 0.3) is 0 Å². The molecule has 0 heteroatoms. The van der Waals surface area contributed by atoms with Crippen molar-refractivity contribution in [3.05, 3.63) is 22.8 Å². The van der Waals surface area contributed by atoms with Crippen molar-refractivity contribution in [3.63, 3.8) is 0 Å². The van der Waals surface area contributed by atoms with Crippen molar-refractivity contribution < 1.29 is 0 Å². The molecule has 1 fully saturated rings. The third kappa shape index (κ3) is 2.40. The fraction of sp³-hybridized carbons (Fsp3) is 0.800. The number of allylic oxidation sites excluding steroid dienone is 4. The van der Waals surface area contributed by atoms with E-state index in [-0.39, 0.29) is 0 Å². The summed E-state index contributed by atoms with van der Waals surface area (Å²) in [6, 6.07) is 0. The van der Waals surface area contributed by atoms with Crippen LogP contribution in [0.4, 0.5) is 0 Å². The Balaban J connectivity index is 1.99. The molecular formula is C20H32. The predicted octanol–water partition coefficient (Wildman–Crippen LogP) is 6.29. The Bertz CT molecular complexity index is 439. The first-order valence-corrected chi connectivity index (χ1v) is 8.86. The van der Waals surface area contributed by atoms with Gasteiger partial charge >= 0.3 is 0 Å². The van der Waals surface area contributed by atoms with Crippen molar-refractivity contribution in [3.8, 4) is 0 Å². The van der Waals surface area contributed by atoms with Gasteiger partial charge in [-0.1, -0.05) is 36.6 Å². The zero-order valence-electron chi connectivity index (χ0n) is 14.0. The molecule has 0 amide bonds. The van der Waals surface area contributed by atoms with Crippen molar-refractivity contribution in [2.45, 2.75) is 79.1 Å². The van der Waals surface area contributed by atoms with Gasteiger partial charge in [-0.25, -0.2) is 0 Å². The maximum absolute atomic E-state index is 2.58. The van der Waals surface area contributed by atoms with Gasteiger partial charge in [0.1, 0.15) is 0 Å². The Hall–Kier alpha value is -0.520. The highest BCUT2D eigenvalue weighted by atomic mass is 14.5. The minimum atomic E-state index is 0.604. The van der Waals surface area contributed by atoms with Crippen molar-refractivity contribution in [1.29, 1.82) is 0 Å². The molecule has 0 aliphatic heterocycles. The summed E-state index contributed by atoms with van der Waals surface area (Å²) in [5.41, 5.74) is 5.94. The molecule has 0 unspecified atom stereocenters. The second-order valence-electron chi connectivity index (χ2n) is 8.23. The van der Waals surface area contributed by atoms with E-state index in [1.165, 1.54) is 51.4 Å². The van der Waals surface area contributed by atoms with Crippen LogP contribution in [0.25, 0.3) is 0 Å². The lowest BCUT2D eigenvalue weighted by molar-refractivity contribution is 0.202. The first-order valence-electron chi connectivity index (χ1n) is 8.86. The maximum atomic E-state index is 2.58. The molecule has 0 nitrogen and oxygen atoms in total. The van der Waals surface area contributed by atoms with Gasteiger partial charge in [0.15, 0.2) is 0 Å². The summed E-state index contributed by atoms with van der Waals surface area (Å²) >= 11 is 0. The second kappa shape index (κ2) is 5.35. The van der Waals surface area contributed by atoms with Crippen molar-refractivity contribution in [2.24, 2.45) is 23.2 Å².